The Kier molecular flexibility index (Phi) is 5.16. The van der Waals surface area contributed by atoms with E-state index in [4.69, 9.17) is 16.1 Å². The predicted molar refractivity (Wildman–Crippen MR) is 105 cm³/mol. The van der Waals surface area contributed by atoms with Gasteiger partial charge < -0.3 is 4.74 Å². The third-order valence-electron chi connectivity index (χ3n) is 3.97. The Labute approximate surface area is 154 Å². The SMILES string of the molecule is C#CCSc1nc2sc(CC)c(C)c2c(=O)n1-c1ccc(OC)cc1. The molecule has 6 heteroatoms. The molecule has 3 aromatic rings. The van der Waals surface area contributed by atoms with E-state index < -0.39 is 0 Å². The number of thioether (sulfide) groups is 1. The first kappa shape index (κ1) is 17.6. The van der Waals surface area contributed by atoms with Gasteiger partial charge in [0.05, 0.1) is 23.9 Å². The standard InChI is InChI=1S/C19H18N2O2S2/c1-5-11-24-19-20-17-16(12(3)15(6-2)25-17)18(22)21(19)13-7-9-14(23-4)10-8-13/h1,7-10H,6,11H2,2-4H3. The molecule has 0 bridgehead atoms. The van der Waals surface area contributed by atoms with E-state index in [1.807, 2.05) is 31.2 Å². The lowest BCUT2D eigenvalue weighted by Crippen LogP contribution is -2.21. The highest BCUT2D eigenvalue weighted by Crippen LogP contribution is 2.30. The van der Waals surface area contributed by atoms with E-state index in [-0.39, 0.29) is 5.56 Å². The topological polar surface area (TPSA) is 44.1 Å². The number of hydrogen-bond donors (Lipinski definition) is 0. The molecule has 0 aliphatic heterocycles. The van der Waals surface area contributed by atoms with Crippen molar-refractivity contribution in [1.29, 1.82) is 0 Å². The van der Waals surface area contributed by atoms with Crippen LogP contribution in [0.4, 0.5) is 0 Å². The molecule has 0 spiro atoms. The summed E-state index contributed by atoms with van der Waals surface area (Å²) < 4.78 is 6.85. The van der Waals surface area contributed by atoms with E-state index in [0.717, 1.165) is 28.3 Å². The summed E-state index contributed by atoms with van der Waals surface area (Å²) in [7, 11) is 1.62. The van der Waals surface area contributed by atoms with Gasteiger partial charge in [0.25, 0.3) is 5.56 Å². The van der Waals surface area contributed by atoms with Gasteiger partial charge in [0.2, 0.25) is 0 Å². The van der Waals surface area contributed by atoms with Crippen LogP contribution in [0, 0.1) is 19.3 Å². The number of ether oxygens (including phenoxy) is 1. The highest BCUT2D eigenvalue weighted by Gasteiger charge is 2.18. The van der Waals surface area contributed by atoms with E-state index in [0.29, 0.717) is 16.3 Å². The fourth-order valence-corrected chi connectivity index (χ4v) is 4.56. The maximum Gasteiger partial charge on any atom is 0.267 e. The summed E-state index contributed by atoms with van der Waals surface area (Å²) in [5, 5.41) is 1.31. The largest absolute Gasteiger partial charge is 0.497 e. The molecule has 0 aliphatic rings. The Hall–Kier alpha value is -2.23. The maximum atomic E-state index is 13.3. The number of benzene rings is 1. The van der Waals surface area contributed by atoms with Crippen LogP contribution >= 0.6 is 23.1 Å². The van der Waals surface area contributed by atoms with Crippen LogP contribution in [0.5, 0.6) is 5.75 Å². The highest BCUT2D eigenvalue weighted by atomic mass is 32.2. The number of aromatic nitrogens is 2. The van der Waals surface area contributed by atoms with Gasteiger partial charge in [-0.05, 0) is 43.2 Å². The summed E-state index contributed by atoms with van der Waals surface area (Å²) in [5.74, 6) is 3.80. The van der Waals surface area contributed by atoms with Gasteiger partial charge in [0.15, 0.2) is 5.16 Å². The average molecular weight is 370 g/mol. The van der Waals surface area contributed by atoms with Crippen molar-refractivity contribution in [2.75, 3.05) is 12.9 Å². The van der Waals surface area contributed by atoms with Crippen molar-refractivity contribution in [2.45, 2.75) is 25.4 Å². The van der Waals surface area contributed by atoms with Crippen molar-refractivity contribution in [2.24, 2.45) is 0 Å². The second-order valence-corrected chi connectivity index (χ2v) is 7.44. The first-order chi connectivity index (χ1) is 12.1. The van der Waals surface area contributed by atoms with Gasteiger partial charge in [-0.1, -0.05) is 24.6 Å². The van der Waals surface area contributed by atoms with Gasteiger partial charge in [-0.2, -0.15) is 0 Å². The summed E-state index contributed by atoms with van der Waals surface area (Å²) in [6, 6.07) is 7.38. The van der Waals surface area contributed by atoms with Crippen molar-refractivity contribution in [1.82, 2.24) is 9.55 Å². The van der Waals surface area contributed by atoms with Gasteiger partial charge in [-0.3, -0.25) is 9.36 Å². The molecule has 0 radical (unpaired) electrons. The molecule has 4 nitrogen and oxygen atoms in total. The summed E-state index contributed by atoms with van der Waals surface area (Å²) in [5.41, 5.74) is 1.72. The average Bonchev–Trinajstić information content (AvgIpc) is 2.96. The molecule has 0 saturated heterocycles. The van der Waals surface area contributed by atoms with E-state index in [1.54, 1.807) is 23.0 Å². The molecule has 0 N–H and O–H groups in total. The Morgan fingerprint density at radius 1 is 1.36 bits per heavy atom. The summed E-state index contributed by atoms with van der Waals surface area (Å²) in [6.45, 7) is 4.08. The quantitative estimate of drug-likeness (QED) is 0.386. The molecular weight excluding hydrogens is 352 g/mol. The minimum absolute atomic E-state index is 0.0526. The Bertz CT molecular complexity index is 1010. The number of methoxy groups -OCH3 is 1. The van der Waals surface area contributed by atoms with E-state index >= 15 is 0 Å². The molecule has 1 aromatic carbocycles. The maximum absolute atomic E-state index is 13.3. The van der Waals surface area contributed by atoms with Crippen LogP contribution in [0.15, 0.2) is 34.2 Å². The molecule has 0 saturated carbocycles. The van der Waals surface area contributed by atoms with Crippen molar-refractivity contribution in [3.8, 4) is 23.8 Å². The van der Waals surface area contributed by atoms with E-state index in [1.165, 1.54) is 16.6 Å². The second-order valence-electron chi connectivity index (χ2n) is 5.41. The molecular formula is C19H18N2O2S2. The van der Waals surface area contributed by atoms with Crippen LogP contribution in [0.2, 0.25) is 0 Å². The molecule has 3 rings (SSSR count). The number of nitrogens with zero attached hydrogens (tertiary/aromatic N) is 2. The third kappa shape index (κ3) is 3.17. The Balaban J connectivity index is 2.29. The molecule has 128 valence electrons. The van der Waals surface area contributed by atoms with Crippen LogP contribution in [0.3, 0.4) is 0 Å². The van der Waals surface area contributed by atoms with Crippen molar-refractivity contribution in [3.63, 3.8) is 0 Å². The van der Waals surface area contributed by atoms with Crippen molar-refractivity contribution in [3.05, 3.63) is 45.1 Å². The fraction of sp³-hybridized carbons (Fsp3) is 0.263. The van der Waals surface area contributed by atoms with Crippen molar-refractivity contribution >= 4 is 33.3 Å². The zero-order valence-electron chi connectivity index (χ0n) is 14.3. The molecule has 0 amide bonds. The monoisotopic (exact) mass is 370 g/mol. The number of rotatable bonds is 5. The van der Waals surface area contributed by atoms with Crippen LogP contribution < -0.4 is 10.3 Å². The Morgan fingerprint density at radius 2 is 2.08 bits per heavy atom. The van der Waals surface area contributed by atoms with E-state index in [2.05, 4.69) is 12.8 Å². The lowest BCUT2D eigenvalue weighted by atomic mass is 10.2. The summed E-state index contributed by atoms with van der Waals surface area (Å²) >= 11 is 2.98. The molecule has 2 aromatic heterocycles. The van der Waals surface area contributed by atoms with Gasteiger partial charge in [0.1, 0.15) is 10.6 Å². The first-order valence-corrected chi connectivity index (χ1v) is 9.66. The minimum atomic E-state index is -0.0526. The molecule has 2 heterocycles. The zero-order valence-corrected chi connectivity index (χ0v) is 16.0. The predicted octanol–water partition coefficient (Wildman–Crippen LogP) is 4.05. The highest BCUT2D eigenvalue weighted by molar-refractivity contribution is 7.99. The lowest BCUT2D eigenvalue weighted by Gasteiger charge is -2.12. The smallest absolute Gasteiger partial charge is 0.267 e. The van der Waals surface area contributed by atoms with Crippen LogP contribution in [0.1, 0.15) is 17.4 Å². The summed E-state index contributed by atoms with van der Waals surface area (Å²) in [4.78, 5) is 20.0. The van der Waals surface area contributed by atoms with Gasteiger partial charge in [-0.25, -0.2) is 4.98 Å². The number of hydrogen-bond acceptors (Lipinski definition) is 5. The van der Waals surface area contributed by atoms with Crippen LogP contribution in [-0.2, 0) is 6.42 Å². The molecule has 0 aliphatic carbocycles. The normalized spacial score (nSPS) is 10.8. The number of thiophene rings is 1. The number of terminal acetylenes is 1. The molecule has 0 fully saturated rings. The third-order valence-corrected chi connectivity index (χ3v) is 6.14. The van der Waals surface area contributed by atoms with Gasteiger partial charge >= 0.3 is 0 Å². The summed E-state index contributed by atoms with van der Waals surface area (Å²) in [6.07, 6.45) is 6.29. The van der Waals surface area contributed by atoms with Gasteiger partial charge in [0, 0.05) is 4.88 Å². The molecule has 0 atom stereocenters. The fourth-order valence-electron chi connectivity index (χ4n) is 2.71. The zero-order chi connectivity index (χ0) is 18.0. The first-order valence-electron chi connectivity index (χ1n) is 7.86. The molecule has 0 unspecified atom stereocenters. The van der Waals surface area contributed by atoms with E-state index in [9.17, 15) is 4.79 Å². The van der Waals surface area contributed by atoms with Crippen LogP contribution in [0.25, 0.3) is 15.9 Å². The number of aryl methyl sites for hydroxylation is 2. The molecule has 25 heavy (non-hydrogen) atoms. The second kappa shape index (κ2) is 7.34. The lowest BCUT2D eigenvalue weighted by molar-refractivity contribution is 0.414. The van der Waals surface area contributed by atoms with Crippen molar-refractivity contribution < 1.29 is 4.74 Å². The minimum Gasteiger partial charge on any atom is -0.497 e. The Morgan fingerprint density at radius 3 is 2.68 bits per heavy atom. The van der Waals surface area contributed by atoms with Gasteiger partial charge in [-0.15, -0.1) is 17.8 Å². The van der Waals surface area contributed by atoms with Crippen LogP contribution in [-0.4, -0.2) is 22.4 Å². The number of fused-ring (bicyclic) bond motifs is 1.